The molecule has 2 atom stereocenters. The predicted molar refractivity (Wildman–Crippen MR) is 95.5 cm³/mol. The number of aromatic amines is 1. The van der Waals surface area contributed by atoms with Crippen LogP contribution in [0.4, 0.5) is 0 Å². The molecule has 0 saturated carbocycles. The van der Waals surface area contributed by atoms with Crippen molar-refractivity contribution in [1.82, 2.24) is 19.6 Å². The van der Waals surface area contributed by atoms with Gasteiger partial charge in [0.2, 0.25) is 5.91 Å². The average molecular weight is 368 g/mol. The Morgan fingerprint density at radius 3 is 2.81 bits per heavy atom. The number of para-hydroxylation sites is 1. The molecule has 27 heavy (non-hydrogen) atoms. The number of nitrogens with zero attached hydrogens (tertiary/aromatic N) is 3. The van der Waals surface area contributed by atoms with Gasteiger partial charge in [0.15, 0.2) is 5.72 Å². The van der Waals surface area contributed by atoms with Crippen molar-refractivity contribution in [2.75, 3.05) is 19.7 Å². The summed E-state index contributed by atoms with van der Waals surface area (Å²) >= 11 is 0. The van der Waals surface area contributed by atoms with Gasteiger partial charge in [0.05, 0.1) is 24.8 Å². The second kappa shape index (κ2) is 5.82. The Kier molecular flexibility index (Phi) is 3.51. The minimum atomic E-state index is -0.687. The van der Waals surface area contributed by atoms with Gasteiger partial charge in [0.25, 0.3) is 11.5 Å². The average Bonchev–Trinajstić information content (AvgIpc) is 3.32. The topological polar surface area (TPSA) is 87.6 Å². The summed E-state index contributed by atoms with van der Waals surface area (Å²) in [5.41, 5.74) is -0.0933. The molecule has 2 aromatic rings. The molecule has 0 aliphatic carbocycles. The van der Waals surface area contributed by atoms with Gasteiger partial charge in [-0.05, 0) is 18.6 Å². The van der Waals surface area contributed by atoms with E-state index in [1.165, 1.54) is 10.7 Å². The summed E-state index contributed by atoms with van der Waals surface area (Å²) < 4.78 is 7.38. The van der Waals surface area contributed by atoms with Crippen molar-refractivity contribution in [3.63, 3.8) is 0 Å². The van der Waals surface area contributed by atoms with Gasteiger partial charge in [-0.3, -0.25) is 19.5 Å². The van der Waals surface area contributed by atoms with Crippen LogP contribution in [0.1, 0.15) is 29.8 Å². The van der Waals surface area contributed by atoms with E-state index < -0.39 is 5.72 Å². The fraction of sp³-hybridized carbons (Fsp3) is 0.421. The molecule has 1 N–H and O–H groups in total. The SMILES string of the molecule is O=C(c1cc(=O)n(-c2ccccc2)[nH]1)N1CC[C@@]23OCCCN2C(=O)C[C@@H]13. The van der Waals surface area contributed by atoms with E-state index in [0.717, 1.165) is 6.42 Å². The maximum absolute atomic E-state index is 13.1. The summed E-state index contributed by atoms with van der Waals surface area (Å²) in [5, 5.41) is 2.91. The van der Waals surface area contributed by atoms with Gasteiger partial charge in [-0.1, -0.05) is 18.2 Å². The quantitative estimate of drug-likeness (QED) is 0.847. The first-order valence-electron chi connectivity index (χ1n) is 9.23. The summed E-state index contributed by atoms with van der Waals surface area (Å²) in [5.74, 6) is -0.236. The van der Waals surface area contributed by atoms with E-state index in [0.29, 0.717) is 31.8 Å². The Labute approximate surface area is 155 Å². The Bertz CT molecular complexity index is 966. The number of nitrogens with one attached hydrogen (secondary N) is 1. The lowest BCUT2D eigenvalue weighted by Crippen LogP contribution is -2.56. The van der Waals surface area contributed by atoms with E-state index in [1.54, 1.807) is 21.9 Å². The van der Waals surface area contributed by atoms with Crippen LogP contribution in [0, 0.1) is 0 Å². The molecule has 3 saturated heterocycles. The highest BCUT2D eigenvalue weighted by Gasteiger charge is 2.61. The van der Waals surface area contributed by atoms with Gasteiger partial charge in [-0.25, -0.2) is 4.68 Å². The predicted octanol–water partition coefficient (Wildman–Crippen LogP) is 0.729. The van der Waals surface area contributed by atoms with Crippen molar-refractivity contribution in [2.45, 2.75) is 31.0 Å². The molecule has 8 heteroatoms. The van der Waals surface area contributed by atoms with Crippen LogP contribution < -0.4 is 5.56 Å². The number of rotatable bonds is 2. The van der Waals surface area contributed by atoms with Crippen molar-refractivity contribution in [1.29, 1.82) is 0 Å². The molecule has 140 valence electrons. The number of benzene rings is 1. The largest absolute Gasteiger partial charge is 0.353 e. The molecule has 1 aromatic carbocycles. The van der Waals surface area contributed by atoms with E-state index >= 15 is 0 Å². The van der Waals surface area contributed by atoms with E-state index in [2.05, 4.69) is 5.10 Å². The summed E-state index contributed by atoms with van der Waals surface area (Å²) in [7, 11) is 0. The maximum Gasteiger partial charge on any atom is 0.272 e. The van der Waals surface area contributed by atoms with E-state index in [4.69, 9.17) is 4.74 Å². The number of likely N-dealkylation sites (tertiary alicyclic amines) is 1. The molecular formula is C19H20N4O4. The number of hydrogen-bond donors (Lipinski definition) is 1. The zero-order chi connectivity index (χ0) is 18.6. The first-order valence-corrected chi connectivity index (χ1v) is 9.23. The number of carbonyl (C=O) groups excluding carboxylic acids is 2. The standard InChI is InChI=1S/C19H20N4O4/c24-16-12-15-19(22(16)8-4-10-27-19)7-9-21(15)18(26)14-11-17(25)23(20-14)13-5-2-1-3-6-13/h1-3,5-6,11,15,20H,4,7-10,12H2/t15-,19+/m1/s1. The van der Waals surface area contributed by atoms with Gasteiger partial charge in [0.1, 0.15) is 5.69 Å². The molecule has 2 amide bonds. The molecule has 3 aliphatic heterocycles. The molecule has 0 radical (unpaired) electrons. The van der Waals surface area contributed by atoms with Crippen LogP contribution in [0.25, 0.3) is 5.69 Å². The fourth-order valence-corrected chi connectivity index (χ4v) is 4.62. The molecule has 3 aliphatic rings. The maximum atomic E-state index is 13.1. The molecule has 1 aromatic heterocycles. The van der Waals surface area contributed by atoms with Crippen molar-refractivity contribution in [3.05, 3.63) is 52.4 Å². The Morgan fingerprint density at radius 2 is 2.00 bits per heavy atom. The number of carbonyl (C=O) groups is 2. The van der Waals surface area contributed by atoms with Crippen LogP contribution in [0.3, 0.4) is 0 Å². The second-order valence-electron chi connectivity index (χ2n) is 7.24. The van der Waals surface area contributed by atoms with Gasteiger partial charge in [-0.2, -0.15) is 0 Å². The third-order valence-electron chi connectivity index (χ3n) is 5.84. The summed E-state index contributed by atoms with van der Waals surface area (Å²) in [6.45, 7) is 1.79. The van der Waals surface area contributed by atoms with Gasteiger partial charge >= 0.3 is 0 Å². The van der Waals surface area contributed by atoms with Crippen molar-refractivity contribution in [3.8, 4) is 5.69 Å². The van der Waals surface area contributed by atoms with Gasteiger partial charge < -0.3 is 14.5 Å². The second-order valence-corrected chi connectivity index (χ2v) is 7.24. The number of amides is 2. The highest BCUT2D eigenvalue weighted by atomic mass is 16.5. The summed E-state index contributed by atoms with van der Waals surface area (Å²) in [4.78, 5) is 41.4. The molecular weight excluding hydrogens is 348 g/mol. The van der Waals surface area contributed by atoms with Crippen LogP contribution >= 0.6 is 0 Å². The lowest BCUT2D eigenvalue weighted by atomic mass is 10.0. The zero-order valence-corrected chi connectivity index (χ0v) is 14.8. The van der Waals surface area contributed by atoms with Crippen molar-refractivity contribution >= 4 is 11.8 Å². The minimum absolute atomic E-state index is 0.0348. The molecule has 3 fully saturated rings. The van der Waals surface area contributed by atoms with Gasteiger partial charge in [-0.15, -0.1) is 0 Å². The third kappa shape index (κ3) is 2.29. The highest BCUT2D eigenvalue weighted by Crippen LogP contribution is 2.45. The lowest BCUT2D eigenvalue weighted by molar-refractivity contribution is -0.179. The van der Waals surface area contributed by atoms with E-state index in [9.17, 15) is 14.4 Å². The zero-order valence-electron chi connectivity index (χ0n) is 14.8. The molecule has 5 rings (SSSR count). The molecule has 1 spiro atoms. The minimum Gasteiger partial charge on any atom is -0.353 e. The third-order valence-corrected chi connectivity index (χ3v) is 5.84. The monoisotopic (exact) mass is 368 g/mol. The first kappa shape index (κ1) is 16.3. The number of H-pyrrole nitrogens is 1. The van der Waals surface area contributed by atoms with Crippen molar-refractivity contribution in [2.24, 2.45) is 0 Å². The number of hydrogen-bond acceptors (Lipinski definition) is 4. The van der Waals surface area contributed by atoms with E-state index in [-0.39, 0.29) is 35.5 Å². The Hall–Kier alpha value is -2.87. The normalized spacial score (nSPS) is 27.0. The van der Waals surface area contributed by atoms with Gasteiger partial charge in [0, 0.05) is 25.6 Å². The molecule has 4 heterocycles. The molecule has 8 nitrogen and oxygen atoms in total. The fourth-order valence-electron chi connectivity index (χ4n) is 4.62. The lowest BCUT2D eigenvalue weighted by Gasteiger charge is -2.42. The first-order chi connectivity index (χ1) is 13.1. The van der Waals surface area contributed by atoms with Crippen LogP contribution in [0.5, 0.6) is 0 Å². The van der Waals surface area contributed by atoms with Crippen LogP contribution in [0.2, 0.25) is 0 Å². The molecule has 0 unspecified atom stereocenters. The van der Waals surface area contributed by atoms with Crippen LogP contribution in [-0.2, 0) is 9.53 Å². The summed E-state index contributed by atoms with van der Waals surface area (Å²) in [6.07, 6.45) is 1.70. The highest BCUT2D eigenvalue weighted by molar-refractivity contribution is 5.94. The van der Waals surface area contributed by atoms with Crippen LogP contribution in [0.15, 0.2) is 41.2 Å². The Balaban J connectivity index is 1.46. The molecule has 0 bridgehead atoms. The number of aromatic nitrogens is 2. The smallest absolute Gasteiger partial charge is 0.272 e. The number of ether oxygens (including phenoxy) is 1. The van der Waals surface area contributed by atoms with Crippen molar-refractivity contribution < 1.29 is 14.3 Å². The van der Waals surface area contributed by atoms with E-state index in [1.807, 2.05) is 18.2 Å². The Morgan fingerprint density at radius 1 is 1.19 bits per heavy atom. The summed E-state index contributed by atoms with van der Waals surface area (Å²) in [6, 6.07) is 10.1. The van der Waals surface area contributed by atoms with Crippen LogP contribution in [-0.4, -0.2) is 62.9 Å².